The molecule has 0 fully saturated rings. The van der Waals surface area contributed by atoms with Crippen molar-refractivity contribution in [2.45, 2.75) is 6.61 Å². The van der Waals surface area contributed by atoms with Crippen molar-refractivity contribution in [2.75, 3.05) is 0 Å². The van der Waals surface area contributed by atoms with Gasteiger partial charge < -0.3 is 9.15 Å². The van der Waals surface area contributed by atoms with Crippen LogP contribution in [-0.2, 0) is 6.61 Å². The summed E-state index contributed by atoms with van der Waals surface area (Å²) in [5, 5.41) is 8.56. The van der Waals surface area contributed by atoms with Gasteiger partial charge in [0.2, 0.25) is 5.89 Å². The van der Waals surface area contributed by atoms with E-state index in [4.69, 9.17) is 20.8 Å². The minimum absolute atomic E-state index is 0.234. The summed E-state index contributed by atoms with van der Waals surface area (Å²) in [7, 11) is 0. The minimum Gasteiger partial charge on any atom is -0.484 e. The first-order valence-corrected chi connectivity index (χ1v) is 6.45. The number of aromatic nitrogens is 2. The van der Waals surface area contributed by atoms with Crippen LogP contribution in [-0.4, -0.2) is 10.2 Å². The van der Waals surface area contributed by atoms with Gasteiger partial charge in [-0.2, -0.15) is 0 Å². The lowest BCUT2D eigenvalue weighted by atomic mass is 10.2. The highest BCUT2D eigenvalue weighted by atomic mass is 35.5. The van der Waals surface area contributed by atoms with Crippen LogP contribution in [0, 0.1) is 0 Å². The van der Waals surface area contributed by atoms with Crippen LogP contribution < -0.4 is 4.74 Å². The van der Waals surface area contributed by atoms with Gasteiger partial charge in [-0.3, -0.25) is 0 Å². The Morgan fingerprint density at radius 2 is 1.85 bits per heavy atom. The van der Waals surface area contributed by atoms with E-state index in [1.165, 1.54) is 0 Å². The van der Waals surface area contributed by atoms with Crippen LogP contribution in [0.15, 0.2) is 59.0 Å². The fraction of sp³-hybridized carbons (Fsp3) is 0.0667. The van der Waals surface area contributed by atoms with Crippen molar-refractivity contribution in [3.05, 3.63) is 65.5 Å². The largest absolute Gasteiger partial charge is 0.484 e. The van der Waals surface area contributed by atoms with Crippen molar-refractivity contribution in [1.82, 2.24) is 10.2 Å². The Hall–Kier alpha value is -2.33. The lowest BCUT2D eigenvalue weighted by molar-refractivity contribution is 0.264. The molecule has 3 aromatic rings. The molecule has 0 saturated heterocycles. The van der Waals surface area contributed by atoms with Crippen molar-refractivity contribution in [3.63, 3.8) is 0 Å². The third-order valence-electron chi connectivity index (χ3n) is 2.64. The first kappa shape index (κ1) is 12.7. The summed E-state index contributed by atoms with van der Waals surface area (Å²) in [5.74, 6) is 1.61. The van der Waals surface area contributed by atoms with Crippen LogP contribution in [0.2, 0.25) is 5.02 Å². The number of hydrogen-bond acceptors (Lipinski definition) is 4. The van der Waals surface area contributed by atoms with Crippen LogP contribution in [0.3, 0.4) is 0 Å². The minimum atomic E-state index is 0.234. The van der Waals surface area contributed by atoms with E-state index in [1.54, 1.807) is 12.1 Å². The van der Waals surface area contributed by atoms with Gasteiger partial charge in [-0.15, -0.1) is 10.2 Å². The Bertz CT molecular complexity index is 698. The zero-order valence-electron chi connectivity index (χ0n) is 10.5. The number of rotatable bonds is 4. The molecule has 2 aromatic carbocycles. The third-order valence-corrected chi connectivity index (χ3v) is 2.88. The van der Waals surface area contributed by atoms with Gasteiger partial charge in [-0.1, -0.05) is 35.9 Å². The van der Waals surface area contributed by atoms with Crippen LogP contribution in [0.4, 0.5) is 0 Å². The molecule has 0 saturated carbocycles. The predicted octanol–water partition coefficient (Wildman–Crippen LogP) is 3.97. The van der Waals surface area contributed by atoms with Crippen LogP contribution in [0.5, 0.6) is 5.75 Å². The molecule has 1 aromatic heterocycles. The zero-order valence-corrected chi connectivity index (χ0v) is 11.2. The Labute approximate surface area is 121 Å². The third kappa shape index (κ3) is 2.97. The molecule has 0 aliphatic heterocycles. The van der Waals surface area contributed by atoms with Crippen LogP contribution in [0.1, 0.15) is 5.89 Å². The molecule has 0 spiro atoms. The molecular weight excluding hydrogens is 276 g/mol. The molecule has 5 heteroatoms. The molecule has 0 bridgehead atoms. The number of para-hydroxylation sites is 1. The Balaban J connectivity index is 1.71. The van der Waals surface area contributed by atoms with E-state index in [-0.39, 0.29) is 6.61 Å². The highest BCUT2D eigenvalue weighted by Gasteiger charge is 2.09. The van der Waals surface area contributed by atoms with Crippen molar-refractivity contribution >= 4 is 11.6 Å². The van der Waals surface area contributed by atoms with E-state index in [9.17, 15) is 0 Å². The molecule has 4 nitrogen and oxygen atoms in total. The lowest BCUT2D eigenvalue weighted by Gasteiger charge is -2.01. The topological polar surface area (TPSA) is 48.2 Å². The van der Waals surface area contributed by atoms with Gasteiger partial charge >= 0.3 is 0 Å². The lowest BCUT2D eigenvalue weighted by Crippen LogP contribution is -1.95. The molecule has 100 valence electrons. The van der Waals surface area contributed by atoms with Gasteiger partial charge in [-0.05, 0) is 30.3 Å². The van der Waals surface area contributed by atoms with Gasteiger partial charge in [0.25, 0.3) is 5.89 Å². The molecular formula is C15H11ClN2O2. The molecule has 1 heterocycles. The number of ether oxygens (including phenoxy) is 1. The monoisotopic (exact) mass is 286 g/mol. The molecule has 0 unspecified atom stereocenters. The van der Waals surface area contributed by atoms with Gasteiger partial charge in [-0.25, -0.2) is 0 Å². The van der Waals surface area contributed by atoms with Crippen molar-refractivity contribution in [2.24, 2.45) is 0 Å². The number of benzene rings is 2. The first-order valence-electron chi connectivity index (χ1n) is 6.07. The second kappa shape index (κ2) is 5.75. The number of hydrogen-bond donors (Lipinski definition) is 0. The summed E-state index contributed by atoms with van der Waals surface area (Å²) in [6, 6.07) is 16.7. The predicted molar refractivity (Wildman–Crippen MR) is 75.5 cm³/mol. The maximum atomic E-state index is 5.93. The van der Waals surface area contributed by atoms with Crippen molar-refractivity contribution < 1.29 is 9.15 Å². The maximum Gasteiger partial charge on any atom is 0.254 e. The van der Waals surface area contributed by atoms with E-state index in [0.717, 1.165) is 11.3 Å². The Morgan fingerprint density at radius 1 is 1.00 bits per heavy atom. The van der Waals surface area contributed by atoms with Gasteiger partial charge in [0, 0.05) is 10.6 Å². The summed E-state index contributed by atoms with van der Waals surface area (Å²) in [4.78, 5) is 0. The van der Waals surface area contributed by atoms with Crippen molar-refractivity contribution in [3.8, 4) is 17.2 Å². The number of nitrogens with zero attached hydrogens (tertiary/aromatic N) is 2. The van der Waals surface area contributed by atoms with E-state index in [1.807, 2.05) is 42.5 Å². The molecule has 3 rings (SSSR count). The van der Waals surface area contributed by atoms with E-state index in [2.05, 4.69) is 10.2 Å². The summed E-state index contributed by atoms with van der Waals surface area (Å²) in [5.41, 5.74) is 0.788. The molecule has 0 aliphatic carbocycles. The number of halogens is 1. The SMILES string of the molecule is Clc1cccc(-c2nnc(COc3ccccc3)o2)c1. The smallest absolute Gasteiger partial charge is 0.254 e. The highest BCUT2D eigenvalue weighted by molar-refractivity contribution is 6.30. The van der Waals surface area contributed by atoms with Crippen molar-refractivity contribution in [1.29, 1.82) is 0 Å². The zero-order chi connectivity index (χ0) is 13.8. The average Bonchev–Trinajstić information content (AvgIpc) is 2.95. The van der Waals surface area contributed by atoms with E-state index >= 15 is 0 Å². The van der Waals surface area contributed by atoms with E-state index in [0.29, 0.717) is 16.8 Å². The molecule has 0 atom stereocenters. The van der Waals surface area contributed by atoms with Gasteiger partial charge in [0.15, 0.2) is 6.61 Å². The standard InChI is InChI=1S/C15H11ClN2O2/c16-12-6-4-5-11(9-12)15-18-17-14(20-15)10-19-13-7-2-1-3-8-13/h1-9H,10H2. The summed E-state index contributed by atoms with van der Waals surface area (Å²) in [6.07, 6.45) is 0. The Kier molecular flexibility index (Phi) is 3.65. The molecule has 0 radical (unpaired) electrons. The van der Waals surface area contributed by atoms with E-state index < -0.39 is 0 Å². The normalized spacial score (nSPS) is 10.4. The summed E-state index contributed by atoms with van der Waals surface area (Å²) < 4.78 is 11.1. The second-order valence-corrected chi connectivity index (χ2v) is 4.55. The van der Waals surface area contributed by atoms with Gasteiger partial charge in [0.05, 0.1) is 0 Å². The molecule has 20 heavy (non-hydrogen) atoms. The second-order valence-electron chi connectivity index (χ2n) is 4.11. The fourth-order valence-electron chi connectivity index (χ4n) is 1.71. The maximum absolute atomic E-state index is 5.93. The molecule has 0 aliphatic rings. The summed E-state index contributed by atoms with van der Waals surface area (Å²) >= 11 is 5.93. The quantitative estimate of drug-likeness (QED) is 0.728. The van der Waals surface area contributed by atoms with Crippen LogP contribution in [0.25, 0.3) is 11.5 Å². The average molecular weight is 287 g/mol. The summed E-state index contributed by atoms with van der Waals surface area (Å²) in [6.45, 7) is 0.234. The van der Waals surface area contributed by atoms with Gasteiger partial charge in [0.1, 0.15) is 5.75 Å². The fourth-order valence-corrected chi connectivity index (χ4v) is 1.90. The molecule has 0 N–H and O–H groups in total. The van der Waals surface area contributed by atoms with Crippen LogP contribution >= 0.6 is 11.6 Å². The first-order chi connectivity index (χ1) is 9.81. The molecule has 0 amide bonds. The highest BCUT2D eigenvalue weighted by Crippen LogP contribution is 2.21. The Morgan fingerprint density at radius 3 is 2.65 bits per heavy atom.